The van der Waals surface area contributed by atoms with Crippen LogP contribution in [0.4, 0.5) is 0 Å². The quantitative estimate of drug-likeness (QED) is 0.0285. The van der Waals surface area contributed by atoms with Crippen LogP contribution in [0.1, 0.15) is 125 Å². The Labute approximate surface area is 611 Å². The van der Waals surface area contributed by atoms with Crippen LogP contribution in [0.5, 0.6) is 5.75 Å². The predicted octanol–water partition coefficient (Wildman–Crippen LogP) is 5.13. The number of hydrogen-bond donors (Lipinski definition) is 8. The van der Waals surface area contributed by atoms with Gasteiger partial charge in [0.2, 0.25) is 5.91 Å². The molecule has 0 spiro atoms. The van der Waals surface area contributed by atoms with Crippen molar-refractivity contribution in [2.24, 2.45) is 5.73 Å². The number of aliphatic hydroxyl groups excluding tert-OH is 1. The average Bonchev–Trinajstić information content (AvgIpc) is 1.56. The molecule has 0 radical (unpaired) electrons. The fraction of sp³-hybridized carbons (Fsp3) is 0.343. The van der Waals surface area contributed by atoms with Crippen molar-refractivity contribution in [3.63, 3.8) is 0 Å². The van der Waals surface area contributed by atoms with E-state index >= 15 is 19.2 Å². The minimum absolute atomic E-state index is 0.00315. The number of fused-ring (bicyclic) bond motifs is 15. The lowest BCUT2D eigenvalue weighted by Crippen LogP contribution is -2.62. The first-order valence-electron chi connectivity index (χ1n) is 31.8. The predicted molar refractivity (Wildman–Crippen MR) is 379 cm³/mol. The highest BCUT2D eigenvalue weighted by Gasteiger charge is 2.50. The van der Waals surface area contributed by atoms with E-state index in [1.165, 1.54) is 59.4 Å². The van der Waals surface area contributed by atoms with E-state index < -0.39 is 133 Å². The summed E-state index contributed by atoms with van der Waals surface area (Å²) in [5, 5.41) is 44.6. The second kappa shape index (κ2) is 30.7. The minimum atomic E-state index is -1.90. The third-order valence-electron chi connectivity index (χ3n) is 17.0. The molecule has 11 heterocycles. The highest BCUT2D eigenvalue weighted by atomic mass is 32.1. The summed E-state index contributed by atoms with van der Waals surface area (Å²) < 4.78 is 45.8. The number of methoxy groups -OCH3 is 1. The molecule has 1 fully saturated rings. The molecule has 7 aromatic heterocycles. The van der Waals surface area contributed by atoms with Crippen LogP contribution in [-0.4, -0.2) is 187 Å². The summed E-state index contributed by atoms with van der Waals surface area (Å²) in [5.74, 6) is -7.36. The smallest absolute Gasteiger partial charge is 0.358 e. The Kier molecular flexibility index (Phi) is 21.8. The van der Waals surface area contributed by atoms with Crippen LogP contribution < -0.4 is 41.9 Å². The molecule has 9 N–H and O–H groups in total. The van der Waals surface area contributed by atoms with Gasteiger partial charge in [0.05, 0.1) is 48.8 Å². The van der Waals surface area contributed by atoms with E-state index in [-0.39, 0.29) is 119 Å². The lowest BCUT2D eigenvalue weighted by molar-refractivity contribution is -0.280. The van der Waals surface area contributed by atoms with Crippen molar-refractivity contribution in [2.75, 3.05) is 41.0 Å². The number of ether oxygens (including phenoxy) is 7. The maximum Gasteiger partial charge on any atom is 0.358 e. The zero-order valence-electron chi connectivity index (χ0n) is 56.5. The van der Waals surface area contributed by atoms with Crippen molar-refractivity contribution in [2.45, 2.75) is 108 Å². The number of allylic oxidation sites excluding steroid dienone is 1. The van der Waals surface area contributed by atoms with Gasteiger partial charge >= 0.3 is 11.9 Å². The van der Waals surface area contributed by atoms with Gasteiger partial charge in [-0.2, -0.15) is 4.73 Å². The number of nitrogens with zero attached hydrogens (tertiary/aromatic N) is 8. The number of hydrogen-bond acceptors (Lipinski definition) is 30. The van der Waals surface area contributed by atoms with E-state index in [1.54, 1.807) is 62.5 Å². The first-order chi connectivity index (χ1) is 49.7. The van der Waals surface area contributed by atoms with E-state index in [2.05, 4.69) is 56.3 Å². The van der Waals surface area contributed by atoms with Gasteiger partial charge < -0.3 is 85.4 Å². The Bertz CT molecular complexity index is 4800. The molecular formula is C67H68N14O18S5. The number of primary amides is 1. The molecule has 104 heavy (non-hydrogen) atoms. The number of carbonyl (C=O) groups excluding carboxylic acids is 8. The SMILES string of the molecule is C=CCOc1cc2c(nc1-c1nc(C(=O)NC(=C)C(N)=O)cs1)-c1csc(n1)[C@@H]1COC(=O)c3c4c5c(cccc5n3OCC=C)COC(=O)[C@@H](O[C@H]3C[C@](C)(O)C(N(C)C)[C@H](C)O3)[C@@H](OC4)[C@H](NC(=O)c3csc(n3)/C(=C(/C)OC)NC(=O)[C@H]([C@@H](C)O)NC(=O)c3csc-2n3)c2nc(cs2)C(=O)N1. The van der Waals surface area contributed by atoms with Gasteiger partial charge in [-0.15, -0.1) is 56.7 Å². The Hall–Kier alpha value is -10.1. The number of rotatable bonds is 15. The van der Waals surface area contributed by atoms with Gasteiger partial charge in [0.1, 0.15) is 133 Å². The van der Waals surface area contributed by atoms with Crippen LogP contribution in [-0.2, 0) is 56.0 Å². The van der Waals surface area contributed by atoms with E-state index in [1.807, 2.05) is 0 Å². The van der Waals surface area contributed by atoms with Crippen molar-refractivity contribution >= 4 is 121 Å². The van der Waals surface area contributed by atoms with Crippen LogP contribution in [0.2, 0.25) is 0 Å². The molecule has 12 bridgehead atoms. The number of nitrogens with two attached hydrogens (primary N) is 1. The molecule has 12 rings (SSSR count). The maximum absolute atomic E-state index is 15.5. The Morgan fingerprint density at radius 1 is 0.856 bits per heavy atom. The lowest BCUT2D eigenvalue weighted by Gasteiger charge is -2.48. The van der Waals surface area contributed by atoms with Crippen molar-refractivity contribution in [3.8, 4) is 38.4 Å². The number of cyclic esters (lactones) is 2. The second-order valence-electron chi connectivity index (χ2n) is 24.5. The summed E-state index contributed by atoms with van der Waals surface area (Å²) in [7, 11) is 4.88. The van der Waals surface area contributed by atoms with Gasteiger partial charge in [-0.1, -0.05) is 44.0 Å². The molecule has 8 aromatic rings. The number of benzene rings is 1. The third-order valence-corrected chi connectivity index (χ3v) is 21.4. The lowest BCUT2D eigenvalue weighted by atomic mass is 9.85. The molecule has 37 heteroatoms. The van der Waals surface area contributed by atoms with Gasteiger partial charge in [0.25, 0.3) is 29.5 Å². The van der Waals surface area contributed by atoms with E-state index in [9.17, 15) is 29.4 Å². The van der Waals surface area contributed by atoms with Crippen molar-refractivity contribution < 1.29 is 86.6 Å². The Morgan fingerprint density at radius 2 is 1.53 bits per heavy atom. The van der Waals surface area contributed by atoms with Crippen LogP contribution >= 0.6 is 56.7 Å². The summed E-state index contributed by atoms with van der Waals surface area (Å²) in [4.78, 5) is 153. The minimum Gasteiger partial charge on any atom is -0.499 e. The Balaban J connectivity index is 1.07. The number of aliphatic hydroxyl groups is 2. The van der Waals surface area contributed by atoms with Crippen LogP contribution in [0, 0.1) is 0 Å². The van der Waals surface area contributed by atoms with Crippen LogP contribution in [0.3, 0.4) is 0 Å². The molecule has 0 aliphatic carbocycles. The average molecular weight is 1520 g/mol. The number of thiazole rings is 5. The zero-order chi connectivity index (χ0) is 74.2. The van der Waals surface area contributed by atoms with E-state index in [0.717, 1.165) is 56.7 Å². The molecule has 0 saturated carbocycles. The monoisotopic (exact) mass is 1520 g/mol. The number of aromatic nitrogens is 7. The van der Waals surface area contributed by atoms with Gasteiger partial charge in [-0.3, -0.25) is 28.8 Å². The fourth-order valence-electron chi connectivity index (χ4n) is 12.2. The molecule has 1 unspecified atom stereocenters. The number of nitrogens with one attached hydrogen (secondary N) is 5. The van der Waals surface area contributed by atoms with Crippen LogP contribution in [0.15, 0.2) is 94.5 Å². The van der Waals surface area contributed by atoms with Crippen molar-refractivity contribution in [1.82, 2.24) is 66.1 Å². The van der Waals surface area contributed by atoms with E-state index in [4.69, 9.17) is 63.7 Å². The number of amides is 6. The van der Waals surface area contributed by atoms with E-state index in [0.29, 0.717) is 16.5 Å². The standard InChI is InChI=1S/C67H68N14O18S5/c1-11-16-93-42-18-33-47(76-48(42)63-74-37(25-103-63)55(84)69-28(3)54(68)83)36-23-101-61(71-36)35-22-96-65(89)50-34-21-94-51(52(99-43-19-67(7,91)53(80(8)9)31(6)98-43)66(90)95-20-32-14-13-15-41(44(32)34)81(50)97-17-12-2)49(64-75-38(26-104-64)56(85)70-35)79-58(87)40-27-102-62(73-40)46(30(5)92-10)78-59(88)45(29(4)82)77-57(86)39-24-100-60(33)72-39/h11-15,18,23-27,29,31,35,43,45,49,51-53,82,91H,1-3,16-17,19-22H2,4-10H3,(H2,68,83)(H,69,84)(H,70,85)(H,77,86)(H,78,88)(H,79,87)/b46-30+/t29-,31+,35+,43+,45+,49+,51+,52+,53?,67+/m1/s1. The largest absolute Gasteiger partial charge is 0.499 e. The summed E-state index contributed by atoms with van der Waals surface area (Å²) in [6, 6.07) is 1.34. The molecule has 4 aliphatic rings. The molecule has 32 nitrogen and oxygen atoms in total. The number of esters is 2. The normalized spacial score (nSPS) is 23.2. The molecule has 1 saturated heterocycles. The first kappa shape index (κ1) is 73.7. The van der Waals surface area contributed by atoms with Gasteiger partial charge in [-0.25, -0.2) is 39.5 Å². The number of carbonyl (C=O) groups is 8. The van der Waals surface area contributed by atoms with Crippen LogP contribution in [0.25, 0.3) is 49.3 Å². The fourth-order valence-corrected chi connectivity index (χ4v) is 16.4. The summed E-state index contributed by atoms with van der Waals surface area (Å²) in [5.41, 5.74) is 3.51. The van der Waals surface area contributed by atoms with Crippen molar-refractivity contribution in [3.05, 3.63) is 149 Å². The summed E-state index contributed by atoms with van der Waals surface area (Å²) in [6.07, 6.45) is -4.56. The molecule has 1 aromatic carbocycles. The zero-order valence-corrected chi connectivity index (χ0v) is 60.6. The highest BCUT2D eigenvalue weighted by Crippen LogP contribution is 2.44. The number of likely N-dealkylation sites (N-methyl/N-ethyl adjacent to an activating group) is 1. The molecule has 10 atom stereocenters. The van der Waals surface area contributed by atoms with Gasteiger partial charge in [0.15, 0.2) is 18.1 Å². The topological polar surface area (TPSA) is 423 Å². The first-order valence-corrected chi connectivity index (χ1v) is 36.2. The Morgan fingerprint density at radius 3 is 2.24 bits per heavy atom. The summed E-state index contributed by atoms with van der Waals surface area (Å²) >= 11 is 4.73. The summed E-state index contributed by atoms with van der Waals surface area (Å²) in [6.45, 7) is 15.4. The molecule has 4 aliphatic heterocycles. The second-order valence-corrected chi connectivity index (χ2v) is 28.8. The van der Waals surface area contributed by atoms with Gasteiger partial charge in [-0.05, 0) is 59.5 Å². The van der Waals surface area contributed by atoms with Gasteiger partial charge in [0, 0.05) is 49.8 Å². The number of pyridine rings is 1. The molecule has 544 valence electrons. The van der Waals surface area contributed by atoms with Crippen molar-refractivity contribution in [1.29, 1.82) is 0 Å². The highest BCUT2D eigenvalue weighted by molar-refractivity contribution is 7.14. The third kappa shape index (κ3) is 15.0. The molecular weight excluding hydrogens is 1450 g/mol. The maximum atomic E-state index is 15.5. The molecule has 6 amide bonds.